The normalized spacial score (nSPS) is 28.9. The molecule has 1 fully saturated rings. The van der Waals surface area contributed by atoms with Gasteiger partial charge in [-0.25, -0.2) is 0 Å². The van der Waals surface area contributed by atoms with Crippen molar-refractivity contribution in [2.24, 2.45) is 5.92 Å². The highest BCUT2D eigenvalue weighted by atomic mass is 16.5. The zero-order valence-electron chi connectivity index (χ0n) is 5.22. The van der Waals surface area contributed by atoms with Crippen molar-refractivity contribution in [3.63, 3.8) is 0 Å². The van der Waals surface area contributed by atoms with E-state index in [0.717, 1.165) is 19.8 Å². The van der Waals surface area contributed by atoms with Crippen LogP contribution in [0.15, 0.2) is 0 Å². The maximum absolute atomic E-state index is 5.13. The monoisotopic (exact) mass is 116 g/mol. The lowest BCUT2D eigenvalue weighted by Crippen LogP contribution is -2.06. The maximum atomic E-state index is 5.13. The van der Waals surface area contributed by atoms with Gasteiger partial charge in [0.25, 0.3) is 0 Å². The molecule has 0 aromatic heterocycles. The summed E-state index contributed by atoms with van der Waals surface area (Å²) < 4.78 is 10.1. The molecule has 0 saturated carbocycles. The molecule has 8 heavy (non-hydrogen) atoms. The molecule has 48 valence electrons. The topological polar surface area (TPSA) is 18.5 Å². The highest BCUT2D eigenvalue weighted by Crippen LogP contribution is 2.11. The number of hydrogen-bond acceptors (Lipinski definition) is 2. The molecular formula is C6H12O2. The second-order valence-electron chi connectivity index (χ2n) is 2.18. The molecule has 0 radical (unpaired) electrons. The Kier molecular flexibility index (Phi) is 2.30. The van der Waals surface area contributed by atoms with E-state index in [4.69, 9.17) is 9.47 Å². The first-order valence-electron chi connectivity index (χ1n) is 3.00. The van der Waals surface area contributed by atoms with Gasteiger partial charge in [0.1, 0.15) is 0 Å². The van der Waals surface area contributed by atoms with Crippen LogP contribution in [0.3, 0.4) is 0 Å². The van der Waals surface area contributed by atoms with E-state index in [1.54, 1.807) is 7.11 Å². The van der Waals surface area contributed by atoms with E-state index >= 15 is 0 Å². The largest absolute Gasteiger partial charge is 0.384 e. The van der Waals surface area contributed by atoms with Crippen molar-refractivity contribution < 1.29 is 9.47 Å². The molecule has 0 spiro atoms. The van der Waals surface area contributed by atoms with E-state index < -0.39 is 0 Å². The van der Waals surface area contributed by atoms with Gasteiger partial charge in [-0.1, -0.05) is 0 Å². The van der Waals surface area contributed by atoms with Gasteiger partial charge in [0.15, 0.2) is 0 Å². The summed E-state index contributed by atoms with van der Waals surface area (Å²) >= 11 is 0. The van der Waals surface area contributed by atoms with Gasteiger partial charge in [0, 0.05) is 19.6 Å². The Labute approximate surface area is 49.8 Å². The second-order valence-corrected chi connectivity index (χ2v) is 2.18. The summed E-state index contributed by atoms with van der Waals surface area (Å²) in [5, 5.41) is 0. The molecule has 1 atom stereocenters. The Hall–Kier alpha value is -0.0800. The fourth-order valence-electron chi connectivity index (χ4n) is 0.950. The molecule has 1 heterocycles. The van der Waals surface area contributed by atoms with Crippen molar-refractivity contribution in [1.29, 1.82) is 0 Å². The smallest absolute Gasteiger partial charge is 0.0517 e. The third kappa shape index (κ3) is 1.46. The Morgan fingerprint density at radius 1 is 1.75 bits per heavy atom. The average molecular weight is 116 g/mol. The third-order valence-corrected chi connectivity index (χ3v) is 1.43. The SMILES string of the molecule is COC[C@H]1CCOC1. The Morgan fingerprint density at radius 3 is 3.12 bits per heavy atom. The minimum absolute atomic E-state index is 0.667. The van der Waals surface area contributed by atoms with Crippen LogP contribution in [0.25, 0.3) is 0 Å². The van der Waals surface area contributed by atoms with Crippen LogP contribution in [0, 0.1) is 5.92 Å². The van der Waals surface area contributed by atoms with Gasteiger partial charge < -0.3 is 9.47 Å². The summed E-state index contributed by atoms with van der Waals surface area (Å²) in [5.41, 5.74) is 0. The van der Waals surface area contributed by atoms with Crippen LogP contribution in [0.1, 0.15) is 6.42 Å². The van der Waals surface area contributed by atoms with Crippen LogP contribution < -0.4 is 0 Å². The van der Waals surface area contributed by atoms with Crippen LogP contribution >= 0.6 is 0 Å². The maximum Gasteiger partial charge on any atom is 0.0517 e. The van der Waals surface area contributed by atoms with Crippen molar-refractivity contribution >= 4 is 0 Å². The lowest BCUT2D eigenvalue weighted by atomic mass is 10.1. The minimum Gasteiger partial charge on any atom is -0.384 e. The Morgan fingerprint density at radius 2 is 2.62 bits per heavy atom. The molecule has 0 aromatic rings. The van der Waals surface area contributed by atoms with Gasteiger partial charge in [0.2, 0.25) is 0 Å². The van der Waals surface area contributed by atoms with Crippen molar-refractivity contribution in [2.45, 2.75) is 6.42 Å². The molecule has 1 aliphatic heterocycles. The van der Waals surface area contributed by atoms with Crippen molar-refractivity contribution in [3.05, 3.63) is 0 Å². The molecule has 0 bridgehead atoms. The van der Waals surface area contributed by atoms with Crippen LogP contribution in [-0.2, 0) is 9.47 Å². The van der Waals surface area contributed by atoms with E-state index in [1.807, 2.05) is 0 Å². The number of ether oxygens (including phenoxy) is 2. The van der Waals surface area contributed by atoms with Crippen molar-refractivity contribution in [3.8, 4) is 0 Å². The van der Waals surface area contributed by atoms with Gasteiger partial charge in [0.05, 0.1) is 13.2 Å². The van der Waals surface area contributed by atoms with E-state index in [0.29, 0.717) is 5.92 Å². The quantitative estimate of drug-likeness (QED) is 0.528. The first-order valence-corrected chi connectivity index (χ1v) is 3.00. The third-order valence-electron chi connectivity index (χ3n) is 1.43. The predicted molar refractivity (Wildman–Crippen MR) is 30.8 cm³/mol. The molecule has 1 rings (SSSR count). The predicted octanol–water partition coefficient (Wildman–Crippen LogP) is 0.669. The summed E-state index contributed by atoms with van der Waals surface area (Å²) in [7, 11) is 1.73. The number of rotatable bonds is 2. The van der Waals surface area contributed by atoms with Gasteiger partial charge in [-0.2, -0.15) is 0 Å². The van der Waals surface area contributed by atoms with Crippen LogP contribution in [0.4, 0.5) is 0 Å². The first kappa shape index (κ1) is 6.05. The molecule has 0 unspecified atom stereocenters. The zero-order valence-corrected chi connectivity index (χ0v) is 5.22. The fraction of sp³-hybridized carbons (Fsp3) is 1.00. The van der Waals surface area contributed by atoms with Crippen LogP contribution in [-0.4, -0.2) is 26.9 Å². The highest BCUT2D eigenvalue weighted by Gasteiger charge is 2.14. The van der Waals surface area contributed by atoms with E-state index in [-0.39, 0.29) is 0 Å². The highest BCUT2D eigenvalue weighted by molar-refractivity contribution is 4.61. The van der Waals surface area contributed by atoms with Gasteiger partial charge >= 0.3 is 0 Å². The summed E-state index contributed by atoms with van der Waals surface area (Å²) in [5.74, 6) is 0.667. The van der Waals surface area contributed by atoms with Gasteiger partial charge in [-0.3, -0.25) is 0 Å². The lowest BCUT2D eigenvalue weighted by Gasteiger charge is -2.02. The second kappa shape index (κ2) is 3.05. The van der Waals surface area contributed by atoms with Gasteiger partial charge in [-0.05, 0) is 6.42 Å². The average Bonchev–Trinajstić information content (AvgIpc) is 2.19. The van der Waals surface area contributed by atoms with Gasteiger partial charge in [-0.15, -0.1) is 0 Å². The summed E-state index contributed by atoms with van der Waals surface area (Å²) in [6.07, 6.45) is 1.17. The molecule has 0 amide bonds. The molecule has 0 N–H and O–H groups in total. The van der Waals surface area contributed by atoms with Crippen molar-refractivity contribution in [2.75, 3.05) is 26.9 Å². The molecule has 1 aliphatic rings. The van der Waals surface area contributed by atoms with E-state index in [1.165, 1.54) is 6.42 Å². The fourth-order valence-corrected chi connectivity index (χ4v) is 0.950. The lowest BCUT2D eigenvalue weighted by molar-refractivity contribution is 0.129. The molecule has 2 heteroatoms. The Balaban J connectivity index is 2.06. The molecule has 2 nitrogen and oxygen atoms in total. The molecular weight excluding hydrogens is 104 g/mol. The van der Waals surface area contributed by atoms with E-state index in [9.17, 15) is 0 Å². The standard InChI is InChI=1S/C6H12O2/c1-7-4-6-2-3-8-5-6/h6H,2-5H2,1H3/t6-/m1/s1. The van der Waals surface area contributed by atoms with Crippen LogP contribution in [0.2, 0.25) is 0 Å². The zero-order chi connectivity index (χ0) is 5.82. The van der Waals surface area contributed by atoms with Crippen LogP contribution in [0.5, 0.6) is 0 Å². The molecule has 0 aromatic carbocycles. The summed E-state index contributed by atoms with van der Waals surface area (Å²) in [4.78, 5) is 0. The van der Waals surface area contributed by atoms with Crippen molar-refractivity contribution in [1.82, 2.24) is 0 Å². The minimum atomic E-state index is 0.667. The van der Waals surface area contributed by atoms with E-state index in [2.05, 4.69) is 0 Å². The summed E-state index contributed by atoms with van der Waals surface area (Å²) in [6.45, 7) is 2.68. The number of methoxy groups -OCH3 is 1. The summed E-state index contributed by atoms with van der Waals surface area (Å²) in [6, 6.07) is 0. The molecule has 0 aliphatic carbocycles. The first-order chi connectivity index (χ1) is 3.93. The number of hydrogen-bond donors (Lipinski definition) is 0. The Bertz CT molecular complexity index is 57.5. The molecule has 1 saturated heterocycles.